The number of benzene rings is 1. The molecule has 9 nitrogen and oxygen atoms in total. The minimum Gasteiger partial charge on any atom is -0.505 e. The van der Waals surface area contributed by atoms with Crippen LogP contribution >= 0.6 is 0 Å². The van der Waals surface area contributed by atoms with Crippen LogP contribution in [0.1, 0.15) is 20.9 Å². The predicted octanol–water partition coefficient (Wildman–Crippen LogP) is 1.84. The number of carbonyl (C=O) groups is 2. The lowest BCUT2D eigenvalue weighted by Gasteiger charge is -2.07. The summed E-state index contributed by atoms with van der Waals surface area (Å²) in [6.07, 6.45) is 0. The maximum Gasteiger partial charge on any atom is 0.433 e. The molecule has 0 fully saturated rings. The van der Waals surface area contributed by atoms with Gasteiger partial charge in [0.25, 0.3) is 5.91 Å². The van der Waals surface area contributed by atoms with E-state index in [9.17, 15) is 24.8 Å². The highest BCUT2D eigenvalue weighted by atomic mass is 16.6. The van der Waals surface area contributed by atoms with E-state index in [1.807, 2.05) is 0 Å². The summed E-state index contributed by atoms with van der Waals surface area (Å²) in [7, 11) is 0. The number of anilines is 1. The highest BCUT2D eigenvalue weighted by Crippen LogP contribution is 2.28. The molecule has 0 unspecified atom stereocenters. The van der Waals surface area contributed by atoms with Crippen molar-refractivity contribution in [2.75, 3.05) is 5.32 Å². The van der Waals surface area contributed by atoms with Crippen molar-refractivity contribution in [2.24, 2.45) is 0 Å². The van der Waals surface area contributed by atoms with Crippen molar-refractivity contribution in [3.63, 3.8) is 0 Å². The Bertz CT molecular complexity index is 735. The summed E-state index contributed by atoms with van der Waals surface area (Å²) in [5.74, 6) is -3.80. The zero-order chi connectivity index (χ0) is 15.6. The number of amides is 1. The van der Waals surface area contributed by atoms with E-state index in [1.54, 1.807) is 0 Å². The molecule has 0 aliphatic rings. The van der Waals surface area contributed by atoms with E-state index in [2.05, 4.69) is 9.73 Å². The third-order valence-electron chi connectivity index (χ3n) is 2.51. The third kappa shape index (κ3) is 2.81. The summed E-state index contributed by atoms with van der Waals surface area (Å²) in [5.41, 5.74) is -0.544. The first kappa shape index (κ1) is 14.1. The number of hydrogen-bond donors (Lipinski definition) is 3. The molecule has 0 atom stereocenters. The van der Waals surface area contributed by atoms with Crippen LogP contribution in [0.4, 0.5) is 11.6 Å². The summed E-state index contributed by atoms with van der Waals surface area (Å²) in [4.78, 5) is 32.3. The number of hydrogen-bond acceptors (Lipinski definition) is 6. The SMILES string of the molecule is O=C(Nc1cccc(C(=O)O)c1O)c1ccc([N+](=O)[O-])o1. The first-order chi connectivity index (χ1) is 9.90. The normalized spacial score (nSPS) is 10.1. The highest BCUT2D eigenvalue weighted by Gasteiger charge is 2.19. The minimum absolute atomic E-state index is 0.154. The van der Waals surface area contributed by atoms with Crippen molar-refractivity contribution < 1.29 is 29.1 Å². The zero-order valence-corrected chi connectivity index (χ0v) is 10.3. The van der Waals surface area contributed by atoms with E-state index in [4.69, 9.17) is 5.11 Å². The van der Waals surface area contributed by atoms with Gasteiger partial charge in [-0.25, -0.2) is 4.79 Å². The number of carboxylic acid groups (broad SMARTS) is 1. The van der Waals surface area contributed by atoms with Gasteiger partial charge in [-0.05, 0) is 18.2 Å². The topological polar surface area (TPSA) is 143 Å². The molecule has 0 bridgehead atoms. The van der Waals surface area contributed by atoms with Crippen LogP contribution < -0.4 is 5.32 Å². The van der Waals surface area contributed by atoms with Crippen LogP contribution in [0.3, 0.4) is 0 Å². The Morgan fingerprint density at radius 2 is 1.95 bits per heavy atom. The number of rotatable bonds is 4. The van der Waals surface area contributed by atoms with Crippen LogP contribution in [0.25, 0.3) is 0 Å². The van der Waals surface area contributed by atoms with Gasteiger partial charge >= 0.3 is 11.9 Å². The van der Waals surface area contributed by atoms with Crippen molar-refractivity contribution >= 4 is 23.4 Å². The van der Waals surface area contributed by atoms with Gasteiger partial charge in [-0.15, -0.1) is 0 Å². The average Bonchev–Trinajstić information content (AvgIpc) is 2.90. The lowest BCUT2D eigenvalue weighted by molar-refractivity contribution is -0.402. The van der Waals surface area contributed by atoms with E-state index >= 15 is 0 Å². The number of nitro groups is 1. The van der Waals surface area contributed by atoms with E-state index in [0.717, 1.165) is 18.2 Å². The summed E-state index contributed by atoms with van der Waals surface area (Å²) < 4.78 is 4.69. The number of carbonyl (C=O) groups excluding carboxylic acids is 1. The smallest absolute Gasteiger partial charge is 0.433 e. The molecule has 0 saturated heterocycles. The Morgan fingerprint density at radius 1 is 1.24 bits per heavy atom. The Hall–Kier alpha value is -3.36. The number of furan rings is 1. The average molecular weight is 292 g/mol. The molecular formula is C12H8N2O7. The molecule has 0 saturated carbocycles. The molecule has 0 aliphatic carbocycles. The predicted molar refractivity (Wildman–Crippen MR) is 68.4 cm³/mol. The third-order valence-corrected chi connectivity index (χ3v) is 2.51. The highest BCUT2D eigenvalue weighted by molar-refractivity contribution is 6.04. The molecule has 1 heterocycles. The van der Waals surface area contributed by atoms with Crippen LogP contribution in [0, 0.1) is 10.1 Å². The van der Waals surface area contributed by atoms with Crippen molar-refractivity contribution in [1.29, 1.82) is 0 Å². The lowest BCUT2D eigenvalue weighted by atomic mass is 10.1. The van der Waals surface area contributed by atoms with Crippen LogP contribution in [0.5, 0.6) is 5.75 Å². The fraction of sp³-hybridized carbons (Fsp3) is 0. The molecule has 1 aromatic heterocycles. The number of carboxylic acids is 1. The standard InChI is InChI=1S/C12H8N2O7/c15-10-6(12(17)18)2-1-3-7(10)13-11(16)8-4-5-9(21-8)14(19)20/h1-5,15H,(H,13,16)(H,17,18). The monoisotopic (exact) mass is 292 g/mol. The number of nitrogens with zero attached hydrogens (tertiary/aromatic N) is 1. The van der Waals surface area contributed by atoms with Gasteiger partial charge in [0.15, 0.2) is 11.5 Å². The van der Waals surface area contributed by atoms with Gasteiger partial charge in [0.1, 0.15) is 10.5 Å². The van der Waals surface area contributed by atoms with E-state index < -0.39 is 34.0 Å². The molecule has 0 radical (unpaired) electrons. The fourth-order valence-corrected chi connectivity index (χ4v) is 1.55. The van der Waals surface area contributed by atoms with Crippen molar-refractivity contribution in [3.05, 3.63) is 51.8 Å². The lowest BCUT2D eigenvalue weighted by Crippen LogP contribution is -2.12. The first-order valence-corrected chi connectivity index (χ1v) is 5.51. The Morgan fingerprint density at radius 3 is 2.52 bits per heavy atom. The minimum atomic E-state index is -1.36. The molecular weight excluding hydrogens is 284 g/mol. The zero-order valence-electron chi connectivity index (χ0n) is 10.3. The molecule has 0 spiro atoms. The van der Waals surface area contributed by atoms with Crippen LogP contribution in [0.15, 0.2) is 34.7 Å². The number of phenols is 1. The van der Waals surface area contributed by atoms with Crippen molar-refractivity contribution in [3.8, 4) is 5.75 Å². The van der Waals surface area contributed by atoms with E-state index in [0.29, 0.717) is 0 Å². The molecule has 1 amide bonds. The second kappa shape index (κ2) is 5.33. The van der Waals surface area contributed by atoms with Gasteiger partial charge in [-0.2, -0.15) is 0 Å². The van der Waals surface area contributed by atoms with Gasteiger partial charge < -0.3 is 19.9 Å². The summed E-state index contributed by atoms with van der Waals surface area (Å²) >= 11 is 0. The maximum atomic E-state index is 11.8. The van der Waals surface area contributed by atoms with Gasteiger partial charge in [0.05, 0.1) is 11.8 Å². The quantitative estimate of drug-likeness (QED) is 0.443. The molecule has 108 valence electrons. The number of nitrogens with one attached hydrogen (secondary N) is 1. The van der Waals surface area contributed by atoms with Crippen LogP contribution in [-0.4, -0.2) is 27.0 Å². The number of aromatic carboxylic acids is 1. The molecule has 9 heteroatoms. The van der Waals surface area contributed by atoms with Gasteiger partial charge in [0.2, 0.25) is 0 Å². The van der Waals surface area contributed by atoms with Gasteiger partial charge in [0, 0.05) is 0 Å². The van der Waals surface area contributed by atoms with Crippen LogP contribution in [0.2, 0.25) is 0 Å². The van der Waals surface area contributed by atoms with E-state index in [-0.39, 0.29) is 11.4 Å². The van der Waals surface area contributed by atoms with Crippen molar-refractivity contribution in [1.82, 2.24) is 0 Å². The molecule has 2 aromatic rings. The van der Waals surface area contributed by atoms with Gasteiger partial charge in [-0.3, -0.25) is 14.9 Å². The molecule has 1 aromatic carbocycles. The Labute approximate surface area is 116 Å². The summed E-state index contributed by atoms with van der Waals surface area (Å²) in [6.45, 7) is 0. The number of aromatic hydroxyl groups is 1. The fourth-order valence-electron chi connectivity index (χ4n) is 1.55. The van der Waals surface area contributed by atoms with Crippen molar-refractivity contribution in [2.45, 2.75) is 0 Å². The summed E-state index contributed by atoms with van der Waals surface area (Å²) in [6, 6.07) is 5.85. The van der Waals surface area contributed by atoms with E-state index in [1.165, 1.54) is 12.1 Å². The second-order valence-electron chi connectivity index (χ2n) is 3.86. The first-order valence-electron chi connectivity index (χ1n) is 5.51. The molecule has 2 rings (SSSR count). The largest absolute Gasteiger partial charge is 0.505 e. The Balaban J connectivity index is 2.25. The summed E-state index contributed by atoms with van der Waals surface area (Å²) in [5, 5.41) is 31.2. The number of para-hydroxylation sites is 1. The molecule has 21 heavy (non-hydrogen) atoms. The molecule has 0 aliphatic heterocycles. The molecule has 3 N–H and O–H groups in total. The van der Waals surface area contributed by atoms with Crippen LogP contribution in [-0.2, 0) is 0 Å². The maximum absolute atomic E-state index is 11.8. The van der Waals surface area contributed by atoms with Gasteiger partial charge in [-0.1, -0.05) is 6.07 Å². The Kier molecular flexibility index (Phi) is 3.57. The second-order valence-corrected chi connectivity index (χ2v) is 3.86.